The summed E-state index contributed by atoms with van der Waals surface area (Å²) < 4.78 is 0. The fourth-order valence-corrected chi connectivity index (χ4v) is 4.94. The number of hydrogen-bond donors (Lipinski definition) is 2. The topological polar surface area (TPSA) is 27.3 Å². The van der Waals surface area contributed by atoms with Crippen LogP contribution in [0.1, 0.15) is 37.7 Å². The second-order valence-electron chi connectivity index (χ2n) is 7.01. The van der Waals surface area contributed by atoms with Crippen molar-refractivity contribution >= 4 is 0 Å². The minimum absolute atomic E-state index is 0.395. The fourth-order valence-electron chi connectivity index (χ4n) is 4.94. The highest BCUT2D eigenvalue weighted by molar-refractivity contribution is 5.18. The van der Waals surface area contributed by atoms with Gasteiger partial charge in [0.25, 0.3) is 0 Å². The lowest BCUT2D eigenvalue weighted by Crippen LogP contribution is -2.66. The summed E-state index contributed by atoms with van der Waals surface area (Å²) in [6.07, 6.45) is 6.95. The Hall–Kier alpha value is -0.900. The molecule has 3 saturated heterocycles. The standard InChI is InChI=1S/C18H27N3/c1-2-5-15(6-3-1)14-21-16-7-4-9-18(21,10-8-16)17-13-19-11-12-20-17/h1-3,5-6,16-17,19-20H,4,7-14H2. The van der Waals surface area contributed by atoms with Gasteiger partial charge in [-0.25, -0.2) is 0 Å². The molecule has 1 aromatic carbocycles. The van der Waals surface area contributed by atoms with Crippen LogP contribution < -0.4 is 10.6 Å². The summed E-state index contributed by atoms with van der Waals surface area (Å²) >= 11 is 0. The lowest BCUT2D eigenvalue weighted by Gasteiger charge is -2.51. The summed E-state index contributed by atoms with van der Waals surface area (Å²) in [6, 6.07) is 12.5. The van der Waals surface area contributed by atoms with Crippen LogP contribution in [-0.4, -0.2) is 42.2 Å². The van der Waals surface area contributed by atoms with Crippen molar-refractivity contribution in [2.45, 2.75) is 56.3 Å². The maximum atomic E-state index is 3.82. The van der Waals surface area contributed by atoms with Crippen LogP contribution in [0.4, 0.5) is 0 Å². The zero-order chi connectivity index (χ0) is 14.1. The fraction of sp³-hybridized carbons (Fsp3) is 0.667. The smallest absolute Gasteiger partial charge is 0.0381 e. The summed E-state index contributed by atoms with van der Waals surface area (Å²) in [5, 5.41) is 7.42. The first kappa shape index (κ1) is 13.7. The van der Waals surface area contributed by atoms with Crippen LogP contribution in [0.15, 0.2) is 30.3 Å². The quantitative estimate of drug-likeness (QED) is 0.891. The molecule has 3 heterocycles. The number of benzene rings is 1. The Morgan fingerprint density at radius 2 is 2.00 bits per heavy atom. The summed E-state index contributed by atoms with van der Waals surface area (Å²) in [7, 11) is 0. The number of nitrogens with zero attached hydrogens (tertiary/aromatic N) is 1. The highest BCUT2D eigenvalue weighted by Crippen LogP contribution is 2.47. The molecule has 3 atom stereocenters. The number of nitrogens with one attached hydrogen (secondary N) is 2. The van der Waals surface area contributed by atoms with Crippen LogP contribution in [-0.2, 0) is 6.54 Å². The third kappa shape index (κ3) is 2.41. The summed E-state index contributed by atoms with van der Waals surface area (Å²) in [5.74, 6) is 0. The van der Waals surface area contributed by atoms with Gasteiger partial charge in [-0.1, -0.05) is 30.3 Å². The van der Waals surface area contributed by atoms with Crippen molar-refractivity contribution in [2.75, 3.05) is 19.6 Å². The normalized spacial score (nSPS) is 36.8. The highest BCUT2D eigenvalue weighted by atomic mass is 15.3. The Balaban J connectivity index is 1.60. The molecule has 0 saturated carbocycles. The van der Waals surface area contributed by atoms with Crippen molar-refractivity contribution in [1.82, 2.24) is 15.5 Å². The molecule has 21 heavy (non-hydrogen) atoms. The van der Waals surface area contributed by atoms with Crippen LogP contribution in [0.2, 0.25) is 0 Å². The zero-order valence-electron chi connectivity index (χ0n) is 12.9. The predicted molar refractivity (Wildman–Crippen MR) is 86.2 cm³/mol. The van der Waals surface area contributed by atoms with E-state index in [4.69, 9.17) is 0 Å². The van der Waals surface area contributed by atoms with Gasteiger partial charge >= 0.3 is 0 Å². The lowest BCUT2D eigenvalue weighted by molar-refractivity contribution is 0.0118. The lowest BCUT2D eigenvalue weighted by atomic mass is 9.80. The van der Waals surface area contributed by atoms with E-state index in [1.54, 1.807) is 0 Å². The SMILES string of the molecule is c1ccc(CN2C3CCCC2(C2CNCCN2)CC3)cc1. The summed E-state index contributed by atoms with van der Waals surface area (Å²) in [5.41, 5.74) is 1.87. The third-order valence-corrected chi connectivity index (χ3v) is 5.96. The maximum absolute atomic E-state index is 3.82. The second-order valence-corrected chi connectivity index (χ2v) is 7.01. The molecule has 2 N–H and O–H groups in total. The van der Waals surface area contributed by atoms with Gasteiger partial charge in [0.05, 0.1) is 0 Å². The van der Waals surface area contributed by atoms with E-state index < -0.39 is 0 Å². The molecular weight excluding hydrogens is 258 g/mol. The van der Waals surface area contributed by atoms with Crippen molar-refractivity contribution < 1.29 is 0 Å². The Kier molecular flexibility index (Phi) is 3.74. The van der Waals surface area contributed by atoms with E-state index in [9.17, 15) is 0 Å². The van der Waals surface area contributed by atoms with E-state index in [1.165, 1.54) is 37.7 Å². The van der Waals surface area contributed by atoms with Crippen molar-refractivity contribution in [3.8, 4) is 0 Å². The van der Waals surface area contributed by atoms with Crippen LogP contribution >= 0.6 is 0 Å². The first-order chi connectivity index (χ1) is 10.4. The molecule has 3 aliphatic rings. The number of hydrogen-bond acceptors (Lipinski definition) is 3. The first-order valence-corrected chi connectivity index (χ1v) is 8.63. The Morgan fingerprint density at radius 3 is 2.81 bits per heavy atom. The van der Waals surface area contributed by atoms with Crippen molar-refractivity contribution in [1.29, 1.82) is 0 Å². The van der Waals surface area contributed by atoms with Gasteiger partial charge in [-0.2, -0.15) is 0 Å². The predicted octanol–water partition coefficient (Wildman–Crippen LogP) is 2.14. The molecule has 3 nitrogen and oxygen atoms in total. The van der Waals surface area contributed by atoms with E-state index in [1.807, 2.05) is 0 Å². The number of fused-ring (bicyclic) bond motifs is 2. The molecule has 114 valence electrons. The summed E-state index contributed by atoms with van der Waals surface area (Å²) in [6.45, 7) is 4.51. The van der Waals surface area contributed by atoms with Gasteiger partial charge in [-0.3, -0.25) is 4.90 Å². The highest BCUT2D eigenvalue weighted by Gasteiger charge is 2.52. The van der Waals surface area contributed by atoms with Crippen LogP contribution in [0.3, 0.4) is 0 Å². The van der Waals surface area contributed by atoms with E-state index in [0.29, 0.717) is 11.6 Å². The molecule has 3 aliphatic heterocycles. The minimum Gasteiger partial charge on any atom is -0.314 e. The average Bonchev–Trinajstić information content (AvgIpc) is 2.75. The van der Waals surface area contributed by atoms with E-state index in [0.717, 1.165) is 32.2 Å². The van der Waals surface area contributed by atoms with Gasteiger partial charge in [0.15, 0.2) is 0 Å². The summed E-state index contributed by atoms with van der Waals surface area (Å²) in [4.78, 5) is 2.86. The van der Waals surface area contributed by atoms with Crippen molar-refractivity contribution in [3.63, 3.8) is 0 Å². The second kappa shape index (κ2) is 5.71. The Morgan fingerprint density at radius 1 is 1.10 bits per heavy atom. The van der Waals surface area contributed by atoms with Crippen molar-refractivity contribution in [2.24, 2.45) is 0 Å². The largest absolute Gasteiger partial charge is 0.314 e. The molecule has 3 heteroatoms. The molecule has 4 rings (SSSR count). The molecule has 0 aliphatic carbocycles. The minimum atomic E-state index is 0.395. The van der Waals surface area contributed by atoms with E-state index >= 15 is 0 Å². The monoisotopic (exact) mass is 285 g/mol. The Labute approximate surface area is 128 Å². The molecule has 3 unspecified atom stereocenters. The molecule has 0 amide bonds. The van der Waals surface area contributed by atoms with Gasteiger partial charge < -0.3 is 10.6 Å². The molecule has 1 aromatic rings. The Bertz CT molecular complexity index is 465. The number of piperazine rings is 1. The van der Waals surface area contributed by atoms with Crippen LogP contribution in [0.25, 0.3) is 0 Å². The molecule has 3 fully saturated rings. The molecule has 0 radical (unpaired) electrons. The third-order valence-electron chi connectivity index (χ3n) is 5.96. The number of piperidine rings is 1. The van der Waals surface area contributed by atoms with Gasteiger partial charge in [-0.05, 0) is 37.7 Å². The molecule has 0 spiro atoms. The van der Waals surface area contributed by atoms with Crippen LogP contribution in [0.5, 0.6) is 0 Å². The van der Waals surface area contributed by atoms with Crippen molar-refractivity contribution in [3.05, 3.63) is 35.9 Å². The van der Waals surface area contributed by atoms with E-state index in [-0.39, 0.29) is 0 Å². The van der Waals surface area contributed by atoms with Gasteiger partial charge in [0, 0.05) is 43.8 Å². The molecule has 2 bridgehead atoms. The van der Waals surface area contributed by atoms with E-state index in [2.05, 4.69) is 45.9 Å². The van der Waals surface area contributed by atoms with Crippen LogP contribution in [0, 0.1) is 0 Å². The average molecular weight is 285 g/mol. The van der Waals surface area contributed by atoms with Gasteiger partial charge in [0.2, 0.25) is 0 Å². The first-order valence-electron chi connectivity index (χ1n) is 8.63. The molecule has 0 aromatic heterocycles. The van der Waals surface area contributed by atoms with Gasteiger partial charge in [0.1, 0.15) is 0 Å². The zero-order valence-corrected chi connectivity index (χ0v) is 12.9. The maximum Gasteiger partial charge on any atom is 0.0381 e. The number of rotatable bonds is 3. The van der Waals surface area contributed by atoms with Gasteiger partial charge in [-0.15, -0.1) is 0 Å². The molecular formula is C18H27N3.